The van der Waals surface area contributed by atoms with Gasteiger partial charge in [-0.15, -0.1) is 0 Å². The lowest BCUT2D eigenvalue weighted by atomic mass is 10.1. The van der Waals surface area contributed by atoms with Crippen LogP contribution in [0.3, 0.4) is 0 Å². The molecule has 3 rings (SSSR count). The second-order valence-electron chi connectivity index (χ2n) is 7.39. The Labute approximate surface area is 183 Å². The van der Waals surface area contributed by atoms with Crippen LogP contribution >= 0.6 is 0 Å². The number of ether oxygens (including phenoxy) is 3. The molecule has 0 N–H and O–H groups in total. The minimum absolute atomic E-state index is 0.0709. The lowest BCUT2D eigenvalue weighted by Crippen LogP contribution is -2.09. The van der Waals surface area contributed by atoms with Gasteiger partial charge >= 0.3 is 5.97 Å². The molecule has 3 aromatic carbocycles. The van der Waals surface area contributed by atoms with E-state index in [-0.39, 0.29) is 6.79 Å². The molecule has 0 saturated carbocycles. The molecule has 0 aliphatic rings. The fourth-order valence-corrected chi connectivity index (χ4v) is 2.90. The molecule has 0 aliphatic carbocycles. The summed E-state index contributed by atoms with van der Waals surface area (Å²) in [6.45, 7) is 13.6. The van der Waals surface area contributed by atoms with Crippen molar-refractivity contribution in [1.82, 2.24) is 0 Å². The predicted octanol–water partition coefficient (Wildman–Crippen LogP) is 6.70. The number of aryl methyl sites for hydroxylation is 1. The average molecular weight is 415 g/mol. The fourth-order valence-electron chi connectivity index (χ4n) is 2.90. The second-order valence-corrected chi connectivity index (χ2v) is 7.39. The van der Waals surface area contributed by atoms with Gasteiger partial charge in [-0.2, -0.15) is 0 Å². The zero-order chi connectivity index (χ0) is 22.4. The molecule has 0 unspecified atom stereocenters. The molecular weight excluding hydrogens is 388 g/mol. The van der Waals surface area contributed by atoms with Gasteiger partial charge in [0.05, 0.1) is 5.56 Å². The average Bonchev–Trinajstić information content (AvgIpc) is 2.75. The Balaban J connectivity index is 1.56. The number of hydrogen-bond donors (Lipinski definition) is 0. The molecule has 0 aromatic heterocycles. The largest absolute Gasteiger partial charge is 0.458 e. The topological polar surface area (TPSA) is 44.8 Å². The highest BCUT2D eigenvalue weighted by Crippen LogP contribution is 2.25. The maximum atomic E-state index is 12.4. The quantitative estimate of drug-likeness (QED) is 0.234. The third kappa shape index (κ3) is 5.86. The SMILES string of the molecule is C=C(C)c1ccc(OCOc2ccc(OC(=O)c3ccc(C(=C)C)cc3)cc2C)cc1. The first-order chi connectivity index (χ1) is 14.8. The van der Waals surface area contributed by atoms with Gasteiger partial charge in [-0.1, -0.05) is 48.6 Å². The Morgan fingerprint density at radius 1 is 0.742 bits per heavy atom. The van der Waals surface area contributed by atoms with Crippen LogP contribution in [0.4, 0.5) is 0 Å². The van der Waals surface area contributed by atoms with Crippen LogP contribution in [0, 0.1) is 6.92 Å². The number of rotatable bonds is 8. The van der Waals surface area contributed by atoms with Gasteiger partial charge in [0, 0.05) is 0 Å². The normalized spacial score (nSPS) is 10.3. The minimum atomic E-state index is -0.414. The number of benzene rings is 3. The van der Waals surface area contributed by atoms with E-state index in [0.29, 0.717) is 22.8 Å². The molecule has 0 amide bonds. The van der Waals surface area contributed by atoms with Crippen molar-refractivity contribution < 1.29 is 19.0 Å². The molecular formula is C27H26O4. The van der Waals surface area contributed by atoms with Crippen LogP contribution in [0.1, 0.15) is 40.9 Å². The van der Waals surface area contributed by atoms with E-state index in [1.165, 1.54) is 0 Å². The molecule has 0 atom stereocenters. The van der Waals surface area contributed by atoms with E-state index in [2.05, 4.69) is 13.2 Å². The molecule has 4 nitrogen and oxygen atoms in total. The van der Waals surface area contributed by atoms with Gasteiger partial charge in [0.2, 0.25) is 6.79 Å². The molecule has 4 heteroatoms. The van der Waals surface area contributed by atoms with Crippen molar-refractivity contribution in [3.63, 3.8) is 0 Å². The van der Waals surface area contributed by atoms with Crippen molar-refractivity contribution in [3.05, 3.63) is 102 Å². The highest BCUT2D eigenvalue weighted by molar-refractivity contribution is 5.91. The minimum Gasteiger partial charge on any atom is -0.458 e. The standard InChI is InChI=1S/C27H26O4/c1-18(2)21-6-8-23(9-7-21)27(28)31-25-14-15-26(20(5)16-25)30-17-29-24-12-10-22(11-13-24)19(3)4/h6-16H,1,3,17H2,2,4-5H3. The van der Waals surface area contributed by atoms with Crippen molar-refractivity contribution in [2.75, 3.05) is 6.79 Å². The molecule has 0 radical (unpaired) electrons. The van der Waals surface area contributed by atoms with Crippen LogP contribution in [0.5, 0.6) is 17.2 Å². The maximum Gasteiger partial charge on any atom is 0.343 e. The summed E-state index contributed by atoms with van der Waals surface area (Å²) in [5.41, 5.74) is 5.32. The number of hydrogen-bond acceptors (Lipinski definition) is 4. The summed E-state index contributed by atoms with van der Waals surface area (Å²) < 4.78 is 16.8. The second kappa shape index (κ2) is 9.81. The smallest absolute Gasteiger partial charge is 0.343 e. The van der Waals surface area contributed by atoms with Crippen LogP contribution in [0.2, 0.25) is 0 Å². The molecule has 3 aromatic rings. The zero-order valence-corrected chi connectivity index (χ0v) is 18.1. The highest BCUT2D eigenvalue weighted by Gasteiger charge is 2.10. The Morgan fingerprint density at radius 3 is 1.81 bits per heavy atom. The number of allylic oxidation sites excluding steroid dienone is 2. The van der Waals surface area contributed by atoms with Crippen LogP contribution in [-0.4, -0.2) is 12.8 Å². The molecule has 0 heterocycles. The van der Waals surface area contributed by atoms with Gasteiger partial charge in [0.25, 0.3) is 0 Å². The van der Waals surface area contributed by atoms with Crippen LogP contribution in [0.15, 0.2) is 79.9 Å². The summed E-state index contributed by atoms with van der Waals surface area (Å²) >= 11 is 0. The first-order valence-electron chi connectivity index (χ1n) is 9.94. The first kappa shape index (κ1) is 21.9. The lowest BCUT2D eigenvalue weighted by Gasteiger charge is -2.12. The number of carbonyl (C=O) groups is 1. The molecule has 0 fully saturated rings. The summed E-state index contributed by atoms with van der Waals surface area (Å²) in [7, 11) is 0. The third-order valence-corrected chi connectivity index (χ3v) is 4.76. The highest BCUT2D eigenvalue weighted by atomic mass is 16.7. The fraction of sp³-hybridized carbons (Fsp3) is 0.148. The van der Waals surface area contributed by atoms with E-state index < -0.39 is 5.97 Å². The van der Waals surface area contributed by atoms with Crippen molar-refractivity contribution >= 4 is 17.1 Å². The summed E-state index contributed by atoms with van der Waals surface area (Å²) in [6, 6.07) is 20.1. The van der Waals surface area contributed by atoms with Gasteiger partial charge in [0.15, 0.2) is 0 Å². The van der Waals surface area contributed by atoms with Crippen molar-refractivity contribution in [2.24, 2.45) is 0 Å². The van der Waals surface area contributed by atoms with E-state index in [1.54, 1.807) is 30.3 Å². The molecule has 158 valence electrons. The Morgan fingerprint density at radius 2 is 1.26 bits per heavy atom. The monoisotopic (exact) mass is 414 g/mol. The lowest BCUT2D eigenvalue weighted by molar-refractivity contribution is 0.0734. The Hall–Kier alpha value is -3.79. The predicted molar refractivity (Wildman–Crippen MR) is 125 cm³/mol. The van der Waals surface area contributed by atoms with Crippen LogP contribution in [-0.2, 0) is 0 Å². The number of esters is 1. The summed E-state index contributed by atoms with van der Waals surface area (Å²) in [4.78, 5) is 12.4. The van der Waals surface area contributed by atoms with Gasteiger partial charge in [0.1, 0.15) is 17.2 Å². The van der Waals surface area contributed by atoms with Gasteiger partial charge < -0.3 is 14.2 Å². The van der Waals surface area contributed by atoms with E-state index in [0.717, 1.165) is 27.8 Å². The third-order valence-electron chi connectivity index (χ3n) is 4.76. The summed E-state index contributed by atoms with van der Waals surface area (Å²) in [5.74, 6) is 1.41. The van der Waals surface area contributed by atoms with E-state index >= 15 is 0 Å². The van der Waals surface area contributed by atoms with Gasteiger partial charge in [-0.3, -0.25) is 0 Å². The van der Waals surface area contributed by atoms with Crippen LogP contribution in [0.25, 0.3) is 11.1 Å². The van der Waals surface area contributed by atoms with E-state index in [4.69, 9.17) is 14.2 Å². The van der Waals surface area contributed by atoms with Crippen molar-refractivity contribution in [3.8, 4) is 17.2 Å². The summed E-state index contributed by atoms with van der Waals surface area (Å²) in [5, 5.41) is 0. The van der Waals surface area contributed by atoms with Crippen molar-refractivity contribution in [1.29, 1.82) is 0 Å². The molecule has 0 aliphatic heterocycles. The zero-order valence-electron chi connectivity index (χ0n) is 18.1. The van der Waals surface area contributed by atoms with Gasteiger partial charge in [-0.25, -0.2) is 4.79 Å². The molecule has 0 bridgehead atoms. The van der Waals surface area contributed by atoms with Crippen molar-refractivity contribution in [2.45, 2.75) is 20.8 Å². The van der Waals surface area contributed by atoms with Crippen LogP contribution < -0.4 is 14.2 Å². The molecule has 0 saturated heterocycles. The maximum absolute atomic E-state index is 12.4. The molecule has 31 heavy (non-hydrogen) atoms. The number of carbonyl (C=O) groups excluding carboxylic acids is 1. The Kier molecular flexibility index (Phi) is 6.93. The first-order valence-corrected chi connectivity index (χ1v) is 9.94. The molecule has 0 spiro atoms. The van der Waals surface area contributed by atoms with E-state index in [1.807, 2.05) is 57.2 Å². The van der Waals surface area contributed by atoms with E-state index in [9.17, 15) is 4.79 Å². The van der Waals surface area contributed by atoms with Gasteiger partial charge in [-0.05, 0) is 79.9 Å². The summed E-state index contributed by atoms with van der Waals surface area (Å²) in [6.07, 6.45) is 0. The Bertz CT molecular complexity index is 1090.